The molecule has 2 aromatic heterocycles. The van der Waals surface area contributed by atoms with Gasteiger partial charge in [-0.15, -0.1) is 0 Å². The number of pyridine rings is 1. The van der Waals surface area contributed by atoms with E-state index in [1.54, 1.807) is 24.5 Å². The van der Waals surface area contributed by atoms with Crippen molar-refractivity contribution in [1.29, 1.82) is 0 Å². The van der Waals surface area contributed by atoms with E-state index in [0.29, 0.717) is 30.2 Å². The maximum absolute atomic E-state index is 14.8. The highest BCUT2D eigenvalue weighted by molar-refractivity contribution is 5.94. The maximum Gasteiger partial charge on any atom is 0.254 e. The van der Waals surface area contributed by atoms with Gasteiger partial charge in [-0.1, -0.05) is 13.8 Å². The molecule has 1 unspecified atom stereocenters. The fourth-order valence-corrected chi connectivity index (χ4v) is 3.33. The normalized spacial score (nSPS) is 17.4. The van der Waals surface area contributed by atoms with Crippen molar-refractivity contribution in [2.24, 2.45) is 0 Å². The van der Waals surface area contributed by atoms with E-state index in [0.717, 1.165) is 12.8 Å². The maximum atomic E-state index is 14.8. The number of rotatable bonds is 4. The summed E-state index contributed by atoms with van der Waals surface area (Å²) in [5, 5.41) is 0. The van der Waals surface area contributed by atoms with Crippen molar-refractivity contribution < 1.29 is 9.18 Å². The largest absolute Gasteiger partial charge is 0.352 e. The van der Waals surface area contributed by atoms with Gasteiger partial charge in [-0.3, -0.25) is 9.78 Å². The molecule has 6 nitrogen and oxygen atoms in total. The average molecular weight is 357 g/mol. The second kappa shape index (κ2) is 7.76. The molecule has 0 spiro atoms. The molecule has 0 saturated carbocycles. The first-order chi connectivity index (χ1) is 12.5. The molecule has 26 heavy (non-hydrogen) atoms. The Kier molecular flexibility index (Phi) is 5.44. The monoisotopic (exact) mass is 357 g/mol. The van der Waals surface area contributed by atoms with Crippen molar-refractivity contribution in [2.45, 2.75) is 38.6 Å². The number of likely N-dealkylation sites (N-methyl/N-ethyl adjacent to an activating group) is 1. The molecule has 1 aliphatic rings. The zero-order chi connectivity index (χ0) is 18.7. The van der Waals surface area contributed by atoms with Crippen LogP contribution in [0.5, 0.6) is 0 Å². The number of amides is 1. The topological polar surface area (TPSA) is 62.2 Å². The predicted molar refractivity (Wildman–Crippen MR) is 97.6 cm³/mol. The van der Waals surface area contributed by atoms with Gasteiger partial charge in [0.15, 0.2) is 11.6 Å². The minimum absolute atomic E-state index is 0.0127. The quantitative estimate of drug-likeness (QED) is 0.842. The van der Waals surface area contributed by atoms with E-state index in [4.69, 9.17) is 0 Å². The molecule has 1 aliphatic heterocycles. The SMILES string of the molecule is CC(C)c1ncnc(N(C)C2CCCN(C(=O)c3ccncc3)C2)c1F. The Bertz CT molecular complexity index is 768. The second-order valence-corrected chi connectivity index (χ2v) is 6.95. The van der Waals surface area contributed by atoms with Crippen LogP contribution in [0.1, 0.15) is 48.7 Å². The minimum Gasteiger partial charge on any atom is -0.352 e. The Morgan fingerprint density at radius 1 is 1.31 bits per heavy atom. The number of aromatic nitrogens is 3. The Hall–Kier alpha value is -2.57. The minimum atomic E-state index is -0.373. The van der Waals surface area contributed by atoms with Crippen LogP contribution in [0.25, 0.3) is 0 Å². The molecule has 1 fully saturated rings. The summed E-state index contributed by atoms with van der Waals surface area (Å²) in [4.78, 5) is 28.5. The average Bonchev–Trinajstić information content (AvgIpc) is 2.67. The van der Waals surface area contributed by atoms with E-state index in [2.05, 4.69) is 15.0 Å². The number of hydrogen-bond acceptors (Lipinski definition) is 5. The first-order valence-electron chi connectivity index (χ1n) is 8.91. The van der Waals surface area contributed by atoms with Gasteiger partial charge in [0.05, 0.1) is 5.69 Å². The number of carbonyl (C=O) groups is 1. The number of likely N-dealkylation sites (tertiary alicyclic amines) is 1. The summed E-state index contributed by atoms with van der Waals surface area (Å²) in [6, 6.07) is 3.45. The molecule has 138 valence electrons. The summed E-state index contributed by atoms with van der Waals surface area (Å²) in [6.45, 7) is 5.06. The van der Waals surface area contributed by atoms with E-state index in [1.807, 2.05) is 30.7 Å². The standard InChI is InChI=1S/C19H24FN5O/c1-13(2)17-16(20)18(23-12-22-17)24(3)15-5-4-10-25(11-15)19(26)14-6-8-21-9-7-14/h6-9,12-13,15H,4-5,10-11H2,1-3H3. The van der Waals surface area contributed by atoms with E-state index in [1.165, 1.54) is 6.33 Å². The molecule has 0 aromatic carbocycles. The van der Waals surface area contributed by atoms with Crippen LogP contribution in [0.2, 0.25) is 0 Å². The van der Waals surface area contributed by atoms with Gasteiger partial charge in [-0.05, 0) is 30.9 Å². The molecule has 3 rings (SSSR count). The molecular formula is C19H24FN5O. The van der Waals surface area contributed by atoms with Crippen LogP contribution in [-0.2, 0) is 0 Å². The van der Waals surface area contributed by atoms with Crippen LogP contribution < -0.4 is 4.90 Å². The summed E-state index contributed by atoms with van der Waals surface area (Å²) < 4.78 is 14.8. The van der Waals surface area contributed by atoms with Crippen LogP contribution in [-0.4, -0.2) is 51.9 Å². The molecule has 1 atom stereocenters. The van der Waals surface area contributed by atoms with Crippen molar-refractivity contribution in [3.8, 4) is 0 Å². The summed E-state index contributed by atoms with van der Waals surface area (Å²) in [7, 11) is 1.83. The lowest BCUT2D eigenvalue weighted by Gasteiger charge is -2.38. The van der Waals surface area contributed by atoms with E-state index < -0.39 is 0 Å². The van der Waals surface area contributed by atoms with Gasteiger partial charge in [0.25, 0.3) is 5.91 Å². The van der Waals surface area contributed by atoms with Gasteiger partial charge >= 0.3 is 0 Å². The zero-order valence-corrected chi connectivity index (χ0v) is 15.4. The van der Waals surface area contributed by atoms with E-state index in [9.17, 15) is 9.18 Å². The van der Waals surface area contributed by atoms with Crippen LogP contribution in [0, 0.1) is 5.82 Å². The molecule has 0 bridgehead atoms. The number of halogens is 1. The molecule has 3 heterocycles. The lowest BCUT2D eigenvalue weighted by Crippen LogP contribution is -2.49. The van der Waals surface area contributed by atoms with Crippen LogP contribution in [0.4, 0.5) is 10.2 Å². The van der Waals surface area contributed by atoms with Crippen molar-refractivity contribution >= 4 is 11.7 Å². The number of anilines is 1. The smallest absolute Gasteiger partial charge is 0.254 e. The lowest BCUT2D eigenvalue weighted by molar-refractivity contribution is 0.0707. The van der Waals surface area contributed by atoms with Gasteiger partial charge in [0.2, 0.25) is 0 Å². The molecule has 0 aliphatic carbocycles. The van der Waals surface area contributed by atoms with E-state index in [-0.39, 0.29) is 23.7 Å². The van der Waals surface area contributed by atoms with Crippen LogP contribution >= 0.6 is 0 Å². The number of carbonyl (C=O) groups excluding carboxylic acids is 1. The van der Waals surface area contributed by atoms with Crippen LogP contribution in [0.15, 0.2) is 30.9 Å². The first-order valence-corrected chi connectivity index (χ1v) is 8.91. The third-order valence-corrected chi connectivity index (χ3v) is 4.84. The third kappa shape index (κ3) is 3.66. The van der Waals surface area contributed by atoms with Crippen molar-refractivity contribution in [3.05, 3.63) is 47.9 Å². The van der Waals surface area contributed by atoms with Crippen LogP contribution in [0.3, 0.4) is 0 Å². The number of hydrogen-bond donors (Lipinski definition) is 0. The molecule has 0 N–H and O–H groups in total. The summed E-state index contributed by atoms with van der Waals surface area (Å²) in [5.74, 6) is -0.104. The van der Waals surface area contributed by atoms with Gasteiger partial charge in [0.1, 0.15) is 6.33 Å². The Balaban J connectivity index is 1.77. The van der Waals surface area contributed by atoms with Crippen molar-refractivity contribution in [2.75, 3.05) is 25.0 Å². The predicted octanol–water partition coefficient (Wildman–Crippen LogP) is 2.88. The Morgan fingerprint density at radius 3 is 2.73 bits per heavy atom. The first kappa shape index (κ1) is 18.2. The summed E-state index contributed by atoms with van der Waals surface area (Å²) in [6.07, 6.45) is 6.40. The summed E-state index contributed by atoms with van der Waals surface area (Å²) in [5.41, 5.74) is 1.04. The number of nitrogens with zero attached hydrogens (tertiary/aromatic N) is 5. The van der Waals surface area contributed by atoms with Crippen molar-refractivity contribution in [3.63, 3.8) is 0 Å². The van der Waals surface area contributed by atoms with Gasteiger partial charge in [-0.25, -0.2) is 14.4 Å². The number of piperidine rings is 1. The molecule has 1 amide bonds. The highest BCUT2D eigenvalue weighted by Crippen LogP contribution is 2.26. The zero-order valence-electron chi connectivity index (χ0n) is 15.4. The fraction of sp³-hybridized carbons (Fsp3) is 0.474. The molecule has 0 radical (unpaired) electrons. The van der Waals surface area contributed by atoms with Gasteiger partial charge in [0, 0.05) is 44.1 Å². The van der Waals surface area contributed by atoms with Gasteiger partial charge in [-0.2, -0.15) is 0 Å². The molecule has 1 saturated heterocycles. The Morgan fingerprint density at radius 2 is 2.04 bits per heavy atom. The second-order valence-electron chi connectivity index (χ2n) is 6.95. The molecular weight excluding hydrogens is 333 g/mol. The summed E-state index contributed by atoms with van der Waals surface area (Å²) >= 11 is 0. The van der Waals surface area contributed by atoms with Crippen molar-refractivity contribution in [1.82, 2.24) is 19.9 Å². The highest BCUT2D eigenvalue weighted by atomic mass is 19.1. The molecule has 7 heteroatoms. The van der Waals surface area contributed by atoms with E-state index >= 15 is 0 Å². The fourth-order valence-electron chi connectivity index (χ4n) is 3.33. The van der Waals surface area contributed by atoms with Gasteiger partial charge < -0.3 is 9.80 Å². The Labute approximate surface area is 153 Å². The third-order valence-electron chi connectivity index (χ3n) is 4.84. The molecule has 2 aromatic rings. The lowest BCUT2D eigenvalue weighted by atomic mass is 10.0. The highest BCUT2D eigenvalue weighted by Gasteiger charge is 2.29.